The highest BCUT2D eigenvalue weighted by molar-refractivity contribution is 7.91. The van der Waals surface area contributed by atoms with Crippen LogP contribution in [0.1, 0.15) is 46.0 Å². The summed E-state index contributed by atoms with van der Waals surface area (Å²) in [6.45, 7) is 3.31. The molecule has 1 N–H and O–H groups in total. The predicted octanol–water partition coefficient (Wildman–Crippen LogP) is 2.09. The van der Waals surface area contributed by atoms with Gasteiger partial charge < -0.3 is 5.11 Å². The molecule has 0 heterocycles. The third-order valence-electron chi connectivity index (χ3n) is 4.95. The van der Waals surface area contributed by atoms with E-state index < -0.39 is 26.5 Å². The molecule has 2 aliphatic carbocycles. The normalized spacial score (nSPS) is 35.3. The SMILES string of the molecule is CC(C)S(=O)(=O)CCC1(C(=O)O)CC2CCC1C2. The van der Waals surface area contributed by atoms with Crippen molar-refractivity contribution in [2.75, 3.05) is 5.75 Å². The van der Waals surface area contributed by atoms with Gasteiger partial charge in [-0.3, -0.25) is 4.79 Å². The van der Waals surface area contributed by atoms with Gasteiger partial charge in [0, 0.05) is 0 Å². The highest BCUT2D eigenvalue weighted by Crippen LogP contribution is 2.57. The molecule has 2 rings (SSSR count). The van der Waals surface area contributed by atoms with Crippen molar-refractivity contribution < 1.29 is 18.3 Å². The van der Waals surface area contributed by atoms with Crippen LogP contribution in [0, 0.1) is 17.3 Å². The fraction of sp³-hybridized carbons (Fsp3) is 0.923. The summed E-state index contributed by atoms with van der Waals surface area (Å²) in [6, 6.07) is 0. The zero-order valence-corrected chi connectivity index (χ0v) is 11.9. The first kappa shape index (κ1) is 13.8. The molecule has 104 valence electrons. The molecule has 0 saturated heterocycles. The van der Waals surface area contributed by atoms with E-state index in [1.165, 1.54) is 0 Å². The van der Waals surface area contributed by atoms with Crippen LogP contribution in [0.25, 0.3) is 0 Å². The van der Waals surface area contributed by atoms with E-state index in [-0.39, 0.29) is 11.7 Å². The first-order valence-electron chi connectivity index (χ1n) is 6.73. The number of hydrogen-bond donors (Lipinski definition) is 1. The maximum atomic E-state index is 11.9. The van der Waals surface area contributed by atoms with Crippen LogP contribution in [-0.2, 0) is 14.6 Å². The number of carboxylic acids is 1. The van der Waals surface area contributed by atoms with Crippen molar-refractivity contribution in [3.05, 3.63) is 0 Å². The molecule has 3 unspecified atom stereocenters. The summed E-state index contributed by atoms with van der Waals surface area (Å²) in [5, 5.41) is 9.11. The van der Waals surface area contributed by atoms with Crippen molar-refractivity contribution >= 4 is 15.8 Å². The lowest BCUT2D eigenvalue weighted by Gasteiger charge is -2.33. The Morgan fingerprint density at radius 3 is 2.44 bits per heavy atom. The Labute approximate surface area is 109 Å². The number of carbonyl (C=O) groups is 1. The van der Waals surface area contributed by atoms with E-state index in [9.17, 15) is 18.3 Å². The molecule has 2 aliphatic rings. The molecule has 0 spiro atoms. The highest BCUT2D eigenvalue weighted by atomic mass is 32.2. The predicted molar refractivity (Wildman–Crippen MR) is 69.1 cm³/mol. The maximum Gasteiger partial charge on any atom is 0.309 e. The van der Waals surface area contributed by atoms with Gasteiger partial charge in [0.15, 0.2) is 9.84 Å². The molecule has 0 radical (unpaired) electrons. The number of hydrogen-bond acceptors (Lipinski definition) is 3. The summed E-state index contributed by atoms with van der Waals surface area (Å²) in [7, 11) is -3.14. The number of carboxylic acid groups (broad SMARTS) is 1. The van der Waals surface area contributed by atoms with Crippen molar-refractivity contribution in [2.24, 2.45) is 17.3 Å². The Bertz CT molecular complexity index is 440. The number of fused-ring (bicyclic) bond motifs is 2. The number of sulfone groups is 1. The van der Waals surface area contributed by atoms with E-state index in [2.05, 4.69) is 0 Å². The van der Waals surface area contributed by atoms with Crippen molar-refractivity contribution in [2.45, 2.75) is 51.2 Å². The molecular weight excluding hydrogens is 252 g/mol. The van der Waals surface area contributed by atoms with Gasteiger partial charge in [-0.1, -0.05) is 6.42 Å². The molecular formula is C13H22O4S. The molecule has 2 saturated carbocycles. The second-order valence-corrected chi connectivity index (χ2v) is 8.88. The lowest BCUT2D eigenvalue weighted by Crippen LogP contribution is -2.38. The Hall–Kier alpha value is -0.580. The Kier molecular flexibility index (Phi) is 3.47. The van der Waals surface area contributed by atoms with E-state index in [4.69, 9.17) is 0 Å². The monoisotopic (exact) mass is 274 g/mol. The molecule has 0 aliphatic heterocycles. The average Bonchev–Trinajstić information content (AvgIpc) is 2.86. The maximum absolute atomic E-state index is 11.9. The minimum atomic E-state index is -3.14. The van der Waals surface area contributed by atoms with Crippen LogP contribution >= 0.6 is 0 Å². The van der Waals surface area contributed by atoms with Crippen molar-refractivity contribution in [3.8, 4) is 0 Å². The van der Waals surface area contributed by atoms with Crippen molar-refractivity contribution in [3.63, 3.8) is 0 Å². The van der Waals surface area contributed by atoms with Gasteiger partial charge in [0.2, 0.25) is 0 Å². The van der Waals surface area contributed by atoms with E-state index in [1.54, 1.807) is 13.8 Å². The first-order chi connectivity index (χ1) is 8.28. The quantitative estimate of drug-likeness (QED) is 0.833. The van der Waals surface area contributed by atoms with Gasteiger partial charge in [-0.2, -0.15) is 0 Å². The molecule has 2 fully saturated rings. The molecule has 0 aromatic heterocycles. The second-order valence-electron chi connectivity index (χ2n) is 6.21. The summed E-state index contributed by atoms with van der Waals surface area (Å²) in [4.78, 5) is 11.6. The summed E-state index contributed by atoms with van der Waals surface area (Å²) in [5.41, 5.74) is -0.759. The molecule has 18 heavy (non-hydrogen) atoms. The lowest BCUT2D eigenvalue weighted by atomic mass is 9.71. The molecule has 4 nitrogen and oxygen atoms in total. The molecule has 3 atom stereocenters. The van der Waals surface area contributed by atoms with Crippen LogP contribution in [0.2, 0.25) is 0 Å². The van der Waals surface area contributed by atoms with Gasteiger partial charge in [-0.05, 0) is 51.4 Å². The molecule has 0 amide bonds. The Balaban J connectivity index is 2.12. The van der Waals surface area contributed by atoms with Crippen LogP contribution in [0.3, 0.4) is 0 Å². The summed E-state index contributed by atoms with van der Waals surface area (Å²) in [5.74, 6) is -0.0657. The Morgan fingerprint density at radius 2 is 2.06 bits per heavy atom. The molecule has 0 aromatic carbocycles. The lowest BCUT2D eigenvalue weighted by molar-refractivity contribution is -0.152. The second kappa shape index (κ2) is 4.51. The van der Waals surface area contributed by atoms with E-state index in [0.29, 0.717) is 18.8 Å². The fourth-order valence-electron chi connectivity index (χ4n) is 3.68. The Morgan fingerprint density at radius 1 is 1.39 bits per heavy atom. The smallest absolute Gasteiger partial charge is 0.309 e. The van der Waals surface area contributed by atoms with Crippen LogP contribution in [0.5, 0.6) is 0 Å². The highest BCUT2D eigenvalue weighted by Gasteiger charge is 2.55. The van der Waals surface area contributed by atoms with Crippen LogP contribution in [-0.4, -0.2) is 30.5 Å². The topological polar surface area (TPSA) is 71.4 Å². The van der Waals surface area contributed by atoms with Crippen LogP contribution in [0.15, 0.2) is 0 Å². The van der Waals surface area contributed by atoms with Crippen LogP contribution in [0.4, 0.5) is 0 Å². The molecule has 5 heteroatoms. The average molecular weight is 274 g/mol. The standard InChI is InChI=1S/C13H22O4S/c1-9(2)18(16,17)6-5-13(12(14)15)8-10-3-4-11(13)7-10/h9-11H,3-8H2,1-2H3,(H,14,15). The minimum Gasteiger partial charge on any atom is -0.481 e. The van der Waals surface area contributed by atoms with E-state index >= 15 is 0 Å². The van der Waals surface area contributed by atoms with E-state index in [1.807, 2.05) is 0 Å². The van der Waals surface area contributed by atoms with Gasteiger partial charge in [0.05, 0.1) is 16.4 Å². The van der Waals surface area contributed by atoms with Crippen LogP contribution < -0.4 is 0 Å². The third kappa shape index (κ3) is 2.17. The zero-order valence-electron chi connectivity index (χ0n) is 11.1. The zero-order chi connectivity index (χ0) is 13.6. The largest absolute Gasteiger partial charge is 0.481 e. The van der Waals surface area contributed by atoms with E-state index in [0.717, 1.165) is 19.3 Å². The third-order valence-corrected chi connectivity index (χ3v) is 7.16. The van der Waals surface area contributed by atoms with Crippen molar-refractivity contribution in [1.29, 1.82) is 0 Å². The fourth-order valence-corrected chi connectivity index (χ4v) is 4.80. The minimum absolute atomic E-state index is 0.0141. The summed E-state index contributed by atoms with van der Waals surface area (Å²) < 4.78 is 23.7. The first-order valence-corrected chi connectivity index (χ1v) is 8.44. The van der Waals surface area contributed by atoms with Gasteiger partial charge in [0.25, 0.3) is 0 Å². The summed E-state index contributed by atoms with van der Waals surface area (Å²) in [6.07, 6.45) is 4.04. The van der Waals surface area contributed by atoms with Crippen molar-refractivity contribution in [1.82, 2.24) is 0 Å². The summed E-state index contributed by atoms with van der Waals surface area (Å²) >= 11 is 0. The van der Waals surface area contributed by atoms with Gasteiger partial charge >= 0.3 is 5.97 Å². The molecule has 2 bridgehead atoms. The molecule has 0 aromatic rings. The van der Waals surface area contributed by atoms with Gasteiger partial charge in [-0.15, -0.1) is 0 Å². The number of aliphatic carboxylic acids is 1. The number of rotatable bonds is 5. The van der Waals surface area contributed by atoms with Gasteiger partial charge in [-0.25, -0.2) is 8.42 Å². The van der Waals surface area contributed by atoms with Gasteiger partial charge in [0.1, 0.15) is 0 Å².